The van der Waals surface area contributed by atoms with Crippen LogP contribution in [0.1, 0.15) is 46.8 Å². The van der Waals surface area contributed by atoms with Crippen molar-refractivity contribution in [1.82, 2.24) is 14.9 Å². The number of rotatable bonds is 3. The number of hydrogen-bond acceptors (Lipinski definition) is 3. The highest BCUT2D eigenvalue weighted by Gasteiger charge is 2.67. The van der Waals surface area contributed by atoms with Crippen LogP contribution < -0.4 is 15.8 Å². The van der Waals surface area contributed by atoms with Gasteiger partial charge in [0.2, 0.25) is 5.91 Å². The Hall–Kier alpha value is -3.42. The summed E-state index contributed by atoms with van der Waals surface area (Å²) in [7, 11) is 3.36. The Labute approximate surface area is 176 Å². The molecule has 1 aliphatic heterocycles. The van der Waals surface area contributed by atoms with Crippen LogP contribution >= 0.6 is 0 Å². The topological polar surface area (TPSA) is 87.2 Å². The summed E-state index contributed by atoms with van der Waals surface area (Å²) in [4.78, 5) is 43.1. The van der Waals surface area contributed by atoms with Crippen LogP contribution in [0.4, 0.5) is 10.1 Å². The number of aryl methyl sites for hydroxylation is 1. The van der Waals surface area contributed by atoms with E-state index in [0.29, 0.717) is 34.3 Å². The van der Waals surface area contributed by atoms with E-state index in [-0.39, 0.29) is 35.2 Å². The molecular weight excluding hydrogens is 399 g/mol. The number of nitrogens with one attached hydrogen (secondary N) is 2. The smallest absolute Gasteiger partial charge is 0.274 e. The van der Waals surface area contributed by atoms with Crippen LogP contribution in [0.2, 0.25) is 0 Å². The third kappa shape index (κ3) is 2.41. The molecule has 2 saturated carbocycles. The molecule has 6 rings (SSSR count). The minimum absolute atomic E-state index is 0.0673. The van der Waals surface area contributed by atoms with Gasteiger partial charge in [-0.1, -0.05) is 0 Å². The summed E-state index contributed by atoms with van der Waals surface area (Å²) >= 11 is 0. The number of anilines is 1. The van der Waals surface area contributed by atoms with Gasteiger partial charge in [0, 0.05) is 43.3 Å². The first-order chi connectivity index (χ1) is 14.8. The lowest BCUT2D eigenvalue weighted by Crippen LogP contribution is -2.29. The first-order valence-corrected chi connectivity index (χ1v) is 10.4. The van der Waals surface area contributed by atoms with Crippen LogP contribution in [-0.4, -0.2) is 34.5 Å². The van der Waals surface area contributed by atoms with Gasteiger partial charge in [-0.15, -0.1) is 0 Å². The number of H-pyrrole nitrogens is 1. The maximum absolute atomic E-state index is 14.1. The Balaban J connectivity index is 1.49. The van der Waals surface area contributed by atoms with Crippen LogP contribution in [0.3, 0.4) is 0 Å². The summed E-state index contributed by atoms with van der Waals surface area (Å²) in [5.74, 6) is -0.878. The molecule has 3 aromatic rings. The van der Waals surface area contributed by atoms with E-state index in [4.69, 9.17) is 0 Å². The summed E-state index contributed by atoms with van der Waals surface area (Å²) in [5.41, 5.74) is 1.84. The van der Waals surface area contributed by atoms with Crippen LogP contribution in [0.25, 0.3) is 10.9 Å². The zero-order chi connectivity index (χ0) is 21.7. The molecule has 2 atom stereocenters. The van der Waals surface area contributed by atoms with E-state index in [1.165, 1.54) is 16.7 Å². The maximum Gasteiger partial charge on any atom is 0.274 e. The normalized spacial score (nSPS) is 24.2. The number of fused-ring (bicyclic) bond motifs is 3. The second-order valence-corrected chi connectivity index (χ2v) is 8.97. The van der Waals surface area contributed by atoms with Crippen molar-refractivity contribution in [2.45, 2.75) is 36.6 Å². The molecular formula is C23H21FN4O3. The third-order valence-electron chi connectivity index (χ3n) is 6.98. The lowest BCUT2D eigenvalue weighted by atomic mass is 9.91. The van der Waals surface area contributed by atoms with E-state index in [1.54, 1.807) is 37.3 Å². The quantitative estimate of drug-likeness (QED) is 0.682. The average Bonchev–Trinajstić information content (AvgIpc) is 3.64. The Morgan fingerprint density at radius 3 is 2.74 bits per heavy atom. The number of likely N-dealkylation sites (N-methyl/N-ethyl adjacent to an activating group) is 1. The number of benzene rings is 1. The molecule has 0 unspecified atom stereocenters. The number of aromatic nitrogens is 2. The number of carbonyl (C=O) groups excluding carboxylic acids is 2. The van der Waals surface area contributed by atoms with Gasteiger partial charge in [0.1, 0.15) is 17.0 Å². The summed E-state index contributed by atoms with van der Waals surface area (Å²) in [5, 5.41) is 3.57. The van der Waals surface area contributed by atoms with Gasteiger partial charge >= 0.3 is 0 Å². The average molecular weight is 420 g/mol. The first kappa shape index (κ1) is 18.4. The molecule has 2 amide bonds. The lowest BCUT2D eigenvalue weighted by Gasteiger charge is -2.12. The Bertz CT molecular complexity index is 1370. The van der Waals surface area contributed by atoms with Gasteiger partial charge in [0.15, 0.2) is 0 Å². The SMILES string of the molecule is CN1C(=O)[C@@]2(C[C@H]2c2cn(C)c(=O)c3[nH]c(C(=O)NC4CC4)cc23)c2cc(F)ccc21. The summed E-state index contributed by atoms with van der Waals surface area (Å²) in [6.07, 6.45) is 4.21. The van der Waals surface area contributed by atoms with Crippen LogP contribution in [0, 0.1) is 5.82 Å². The molecule has 0 bridgehead atoms. The van der Waals surface area contributed by atoms with Crippen molar-refractivity contribution < 1.29 is 14.0 Å². The minimum atomic E-state index is -0.829. The number of amides is 2. The van der Waals surface area contributed by atoms with Crippen molar-refractivity contribution in [3.05, 3.63) is 63.5 Å². The molecule has 3 heterocycles. The van der Waals surface area contributed by atoms with Crippen LogP contribution in [-0.2, 0) is 17.3 Å². The largest absolute Gasteiger partial charge is 0.348 e. The van der Waals surface area contributed by atoms with E-state index in [1.807, 2.05) is 0 Å². The molecule has 2 aliphatic carbocycles. The first-order valence-electron chi connectivity index (χ1n) is 10.4. The fourth-order valence-corrected chi connectivity index (χ4v) is 5.11. The van der Waals surface area contributed by atoms with Crippen molar-refractivity contribution in [1.29, 1.82) is 0 Å². The Kier molecular flexibility index (Phi) is 3.46. The summed E-state index contributed by atoms with van der Waals surface area (Å²) < 4.78 is 15.5. The van der Waals surface area contributed by atoms with Gasteiger partial charge in [-0.2, -0.15) is 0 Å². The Morgan fingerprint density at radius 1 is 1.23 bits per heavy atom. The van der Waals surface area contributed by atoms with Crippen LogP contribution in [0.5, 0.6) is 0 Å². The van der Waals surface area contributed by atoms with Gasteiger partial charge in [-0.3, -0.25) is 14.4 Å². The highest BCUT2D eigenvalue weighted by molar-refractivity contribution is 6.11. The van der Waals surface area contributed by atoms with Gasteiger partial charge in [0.25, 0.3) is 11.5 Å². The van der Waals surface area contributed by atoms with Crippen molar-refractivity contribution in [2.24, 2.45) is 7.05 Å². The van der Waals surface area contributed by atoms with Crippen molar-refractivity contribution in [3.63, 3.8) is 0 Å². The summed E-state index contributed by atoms with van der Waals surface area (Å²) in [6, 6.07) is 6.35. The fraction of sp³-hybridized carbons (Fsp3) is 0.348. The molecule has 0 radical (unpaired) electrons. The predicted molar refractivity (Wildman–Crippen MR) is 113 cm³/mol. The molecule has 1 spiro atoms. The number of aromatic amines is 1. The molecule has 158 valence electrons. The molecule has 7 nitrogen and oxygen atoms in total. The number of halogens is 1. The maximum atomic E-state index is 14.1. The standard InChI is InChI=1S/C23H21FN4O3/c1-27-10-14(13-8-17(26-19(13)21(27)30)20(29)25-12-4-5-12)16-9-23(16)15-7-11(24)3-6-18(15)28(2)22(23)31/h3,6-8,10,12,16,26H,4-5,9H2,1-2H3,(H,25,29)/t16-,23-/m0/s1. The van der Waals surface area contributed by atoms with E-state index >= 15 is 0 Å². The molecule has 0 saturated heterocycles. The lowest BCUT2D eigenvalue weighted by molar-refractivity contribution is -0.120. The van der Waals surface area contributed by atoms with Crippen molar-refractivity contribution >= 4 is 28.4 Å². The Morgan fingerprint density at radius 2 is 2.00 bits per heavy atom. The van der Waals surface area contributed by atoms with E-state index in [0.717, 1.165) is 18.4 Å². The van der Waals surface area contributed by atoms with E-state index in [2.05, 4.69) is 10.3 Å². The van der Waals surface area contributed by atoms with Crippen LogP contribution in [0.15, 0.2) is 35.3 Å². The molecule has 31 heavy (non-hydrogen) atoms. The van der Waals surface area contributed by atoms with Gasteiger partial charge < -0.3 is 19.8 Å². The second-order valence-electron chi connectivity index (χ2n) is 8.97. The summed E-state index contributed by atoms with van der Waals surface area (Å²) in [6.45, 7) is 0. The van der Waals surface area contributed by atoms with Crippen molar-refractivity contribution in [2.75, 3.05) is 11.9 Å². The van der Waals surface area contributed by atoms with Gasteiger partial charge in [-0.05, 0) is 54.7 Å². The zero-order valence-corrected chi connectivity index (χ0v) is 17.2. The predicted octanol–water partition coefficient (Wildman–Crippen LogP) is 2.30. The highest BCUT2D eigenvalue weighted by atomic mass is 19.1. The molecule has 2 N–H and O–H groups in total. The molecule has 2 fully saturated rings. The zero-order valence-electron chi connectivity index (χ0n) is 17.2. The molecule has 1 aromatic carbocycles. The number of hydrogen-bond donors (Lipinski definition) is 2. The van der Waals surface area contributed by atoms with E-state index in [9.17, 15) is 18.8 Å². The molecule has 2 aromatic heterocycles. The third-order valence-corrected chi connectivity index (χ3v) is 6.98. The molecule has 8 heteroatoms. The van der Waals surface area contributed by atoms with Gasteiger partial charge in [0.05, 0.1) is 5.41 Å². The molecule has 3 aliphatic rings. The minimum Gasteiger partial charge on any atom is -0.348 e. The van der Waals surface area contributed by atoms with Gasteiger partial charge in [-0.25, -0.2) is 4.39 Å². The highest BCUT2D eigenvalue weighted by Crippen LogP contribution is 2.66. The number of carbonyl (C=O) groups is 2. The van der Waals surface area contributed by atoms with Crippen molar-refractivity contribution in [3.8, 4) is 0 Å². The van der Waals surface area contributed by atoms with E-state index < -0.39 is 5.41 Å². The second kappa shape index (κ2) is 5.84. The number of nitrogens with zero attached hydrogens (tertiary/aromatic N) is 2. The monoisotopic (exact) mass is 420 g/mol. The fourth-order valence-electron chi connectivity index (χ4n) is 5.11. The number of pyridine rings is 1.